The molecule has 0 saturated heterocycles. The molecule has 0 fully saturated rings. The standard InChI is InChI=1S/C24H26N2/c1-3-24(2)17-25-23(26-24)22-14-7-5-10-20(22)16-15-19-12-8-11-18-9-4-6-13-21(18)19/h4-14H,3,15-17H2,1-2H3,(H,25,26). The van der Waals surface area contributed by atoms with Crippen LogP contribution in [0.3, 0.4) is 0 Å². The lowest BCUT2D eigenvalue weighted by molar-refractivity contribution is 0.441. The van der Waals surface area contributed by atoms with E-state index in [9.17, 15) is 0 Å². The molecule has 0 radical (unpaired) electrons. The van der Waals surface area contributed by atoms with E-state index < -0.39 is 0 Å². The average molecular weight is 342 g/mol. The van der Waals surface area contributed by atoms with Gasteiger partial charge in [0.15, 0.2) is 0 Å². The van der Waals surface area contributed by atoms with E-state index in [2.05, 4.69) is 85.9 Å². The third kappa shape index (κ3) is 3.24. The highest BCUT2D eigenvalue weighted by Crippen LogP contribution is 2.23. The summed E-state index contributed by atoms with van der Waals surface area (Å²) < 4.78 is 0. The maximum Gasteiger partial charge on any atom is 0.129 e. The zero-order valence-electron chi connectivity index (χ0n) is 15.6. The van der Waals surface area contributed by atoms with Crippen molar-refractivity contribution in [2.75, 3.05) is 6.54 Å². The normalized spacial score (nSPS) is 19.4. The Labute approximate surface area is 156 Å². The van der Waals surface area contributed by atoms with E-state index in [-0.39, 0.29) is 5.54 Å². The molecule has 0 aromatic heterocycles. The summed E-state index contributed by atoms with van der Waals surface area (Å²) in [5.74, 6) is 1.06. The van der Waals surface area contributed by atoms with Gasteiger partial charge in [-0.2, -0.15) is 0 Å². The molecular weight excluding hydrogens is 316 g/mol. The molecule has 0 aliphatic carbocycles. The van der Waals surface area contributed by atoms with Crippen LogP contribution in [0, 0.1) is 0 Å². The van der Waals surface area contributed by atoms with Gasteiger partial charge in [-0.3, -0.25) is 4.99 Å². The maximum atomic E-state index is 4.80. The summed E-state index contributed by atoms with van der Waals surface area (Å²) in [6, 6.07) is 24.0. The molecular formula is C24H26N2. The minimum absolute atomic E-state index is 0.0953. The summed E-state index contributed by atoms with van der Waals surface area (Å²) in [7, 11) is 0. The third-order valence-corrected chi connectivity index (χ3v) is 5.60. The van der Waals surface area contributed by atoms with Crippen molar-refractivity contribution in [3.05, 3.63) is 83.4 Å². The smallest absolute Gasteiger partial charge is 0.129 e. The van der Waals surface area contributed by atoms with E-state index in [1.54, 1.807) is 0 Å². The minimum Gasteiger partial charge on any atom is -0.363 e. The summed E-state index contributed by atoms with van der Waals surface area (Å²) >= 11 is 0. The molecule has 132 valence electrons. The Balaban J connectivity index is 1.58. The van der Waals surface area contributed by atoms with E-state index in [4.69, 9.17) is 4.99 Å². The number of nitrogens with one attached hydrogen (secondary N) is 1. The monoisotopic (exact) mass is 342 g/mol. The largest absolute Gasteiger partial charge is 0.363 e. The predicted octanol–water partition coefficient (Wildman–Crippen LogP) is 5.14. The van der Waals surface area contributed by atoms with Crippen LogP contribution in [0.15, 0.2) is 71.7 Å². The number of aliphatic imine (C=N–C) groups is 1. The van der Waals surface area contributed by atoms with Crippen LogP contribution in [0.25, 0.3) is 10.8 Å². The number of hydrogen-bond acceptors (Lipinski definition) is 2. The molecule has 1 heterocycles. The topological polar surface area (TPSA) is 24.4 Å². The number of fused-ring (bicyclic) bond motifs is 1. The summed E-state index contributed by atoms with van der Waals surface area (Å²) in [4.78, 5) is 4.80. The zero-order valence-corrected chi connectivity index (χ0v) is 15.6. The lowest BCUT2D eigenvalue weighted by Gasteiger charge is -2.23. The van der Waals surface area contributed by atoms with E-state index in [0.717, 1.165) is 31.6 Å². The van der Waals surface area contributed by atoms with E-state index >= 15 is 0 Å². The number of benzene rings is 3. The Hall–Kier alpha value is -2.61. The van der Waals surface area contributed by atoms with Crippen LogP contribution in [0.2, 0.25) is 0 Å². The van der Waals surface area contributed by atoms with Gasteiger partial charge in [0, 0.05) is 5.56 Å². The Morgan fingerprint density at radius 3 is 2.42 bits per heavy atom. The fourth-order valence-corrected chi connectivity index (χ4v) is 3.72. The fourth-order valence-electron chi connectivity index (χ4n) is 3.72. The molecule has 2 heteroatoms. The average Bonchev–Trinajstić information content (AvgIpc) is 3.09. The van der Waals surface area contributed by atoms with Crippen LogP contribution in [-0.2, 0) is 12.8 Å². The van der Waals surface area contributed by atoms with Crippen LogP contribution < -0.4 is 5.32 Å². The van der Waals surface area contributed by atoms with Crippen molar-refractivity contribution in [2.24, 2.45) is 4.99 Å². The fraction of sp³-hybridized carbons (Fsp3) is 0.292. The van der Waals surface area contributed by atoms with Crippen LogP contribution in [-0.4, -0.2) is 17.9 Å². The van der Waals surface area contributed by atoms with E-state index in [0.29, 0.717) is 0 Å². The molecule has 1 aliphatic rings. The van der Waals surface area contributed by atoms with Crippen LogP contribution in [0.4, 0.5) is 0 Å². The Morgan fingerprint density at radius 1 is 0.885 bits per heavy atom. The van der Waals surface area contributed by atoms with Gasteiger partial charge in [-0.15, -0.1) is 0 Å². The van der Waals surface area contributed by atoms with Gasteiger partial charge in [-0.05, 0) is 48.1 Å². The molecule has 1 aliphatic heterocycles. The lowest BCUT2D eigenvalue weighted by Crippen LogP contribution is -2.42. The van der Waals surface area contributed by atoms with Crippen molar-refractivity contribution in [1.82, 2.24) is 5.32 Å². The number of aryl methyl sites for hydroxylation is 2. The van der Waals surface area contributed by atoms with Gasteiger partial charge < -0.3 is 5.32 Å². The molecule has 3 aromatic carbocycles. The first-order valence-electron chi connectivity index (χ1n) is 9.56. The molecule has 2 nitrogen and oxygen atoms in total. The second-order valence-electron chi connectivity index (χ2n) is 7.50. The van der Waals surface area contributed by atoms with Gasteiger partial charge in [0.1, 0.15) is 5.84 Å². The Bertz CT molecular complexity index is 952. The summed E-state index contributed by atoms with van der Waals surface area (Å²) in [5.41, 5.74) is 4.13. The number of rotatable bonds is 5. The molecule has 0 spiro atoms. The third-order valence-electron chi connectivity index (χ3n) is 5.60. The van der Waals surface area contributed by atoms with Crippen molar-refractivity contribution in [3.63, 3.8) is 0 Å². The van der Waals surface area contributed by atoms with Gasteiger partial charge in [-0.25, -0.2) is 0 Å². The molecule has 3 aromatic rings. The Morgan fingerprint density at radius 2 is 1.58 bits per heavy atom. The lowest BCUT2D eigenvalue weighted by atomic mass is 9.95. The second kappa shape index (κ2) is 6.95. The first kappa shape index (κ1) is 16.8. The number of hydrogen-bond donors (Lipinski definition) is 1. The first-order valence-corrected chi connectivity index (χ1v) is 9.56. The van der Waals surface area contributed by atoms with Crippen molar-refractivity contribution < 1.29 is 0 Å². The summed E-state index contributed by atoms with van der Waals surface area (Å²) in [6.07, 6.45) is 3.14. The molecule has 26 heavy (non-hydrogen) atoms. The van der Waals surface area contributed by atoms with Crippen molar-refractivity contribution in [1.29, 1.82) is 0 Å². The molecule has 4 rings (SSSR count). The first-order chi connectivity index (χ1) is 12.7. The van der Waals surface area contributed by atoms with E-state index in [1.165, 1.54) is 27.5 Å². The quantitative estimate of drug-likeness (QED) is 0.682. The van der Waals surface area contributed by atoms with Crippen LogP contribution in [0.1, 0.15) is 37.0 Å². The molecule has 0 saturated carbocycles. The minimum atomic E-state index is 0.0953. The highest BCUT2D eigenvalue weighted by Gasteiger charge is 2.29. The highest BCUT2D eigenvalue weighted by atomic mass is 15.1. The maximum absolute atomic E-state index is 4.80. The zero-order chi connectivity index (χ0) is 18.0. The molecule has 1 atom stereocenters. The van der Waals surface area contributed by atoms with Crippen molar-refractivity contribution in [3.8, 4) is 0 Å². The number of amidine groups is 1. The van der Waals surface area contributed by atoms with E-state index in [1.807, 2.05) is 0 Å². The van der Waals surface area contributed by atoms with Gasteiger partial charge in [-0.1, -0.05) is 73.7 Å². The molecule has 1 N–H and O–H groups in total. The predicted molar refractivity (Wildman–Crippen MR) is 111 cm³/mol. The molecule has 0 amide bonds. The van der Waals surface area contributed by atoms with Crippen LogP contribution >= 0.6 is 0 Å². The van der Waals surface area contributed by atoms with Crippen molar-refractivity contribution in [2.45, 2.75) is 38.6 Å². The second-order valence-corrected chi connectivity index (χ2v) is 7.50. The van der Waals surface area contributed by atoms with Gasteiger partial charge in [0.2, 0.25) is 0 Å². The van der Waals surface area contributed by atoms with Gasteiger partial charge >= 0.3 is 0 Å². The molecule has 1 unspecified atom stereocenters. The SMILES string of the molecule is CCC1(C)CN=C(c2ccccc2CCc2cccc3ccccc23)N1. The van der Waals surface area contributed by atoms with Crippen LogP contribution in [0.5, 0.6) is 0 Å². The number of nitrogens with zero attached hydrogens (tertiary/aromatic N) is 1. The summed E-state index contributed by atoms with van der Waals surface area (Å²) in [6.45, 7) is 5.33. The van der Waals surface area contributed by atoms with Gasteiger partial charge in [0.05, 0.1) is 12.1 Å². The van der Waals surface area contributed by atoms with Crippen molar-refractivity contribution >= 4 is 16.6 Å². The summed E-state index contributed by atoms with van der Waals surface area (Å²) in [5, 5.41) is 6.33. The van der Waals surface area contributed by atoms with Gasteiger partial charge in [0.25, 0.3) is 0 Å². The Kier molecular flexibility index (Phi) is 4.50. The molecule has 0 bridgehead atoms. The highest BCUT2D eigenvalue weighted by molar-refractivity contribution is 6.01.